The van der Waals surface area contributed by atoms with Crippen LogP contribution in [-0.2, 0) is 4.79 Å². The fourth-order valence-electron chi connectivity index (χ4n) is 4.08. The highest BCUT2D eigenvalue weighted by Crippen LogP contribution is 2.32. The number of nitrogens with one attached hydrogen (secondary N) is 1. The van der Waals surface area contributed by atoms with Crippen LogP contribution in [0.1, 0.15) is 30.7 Å². The molecule has 0 aliphatic carbocycles. The highest BCUT2D eigenvalue weighted by atomic mass is 35.5. The summed E-state index contributed by atoms with van der Waals surface area (Å²) >= 11 is 5.89. The van der Waals surface area contributed by atoms with Crippen molar-refractivity contribution in [2.45, 2.75) is 25.2 Å². The molecule has 1 saturated heterocycles. The van der Waals surface area contributed by atoms with E-state index in [-0.39, 0.29) is 11.7 Å². The van der Waals surface area contributed by atoms with E-state index in [4.69, 9.17) is 17.3 Å². The van der Waals surface area contributed by atoms with Crippen molar-refractivity contribution in [2.24, 2.45) is 0 Å². The number of nitrogen functional groups attached to an aromatic ring is 1. The molecule has 0 saturated carbocycles. The van der Waals surface area contributed by atoms with Gasteiger partial charge in [-0.15, -0.1) is 0 Å². The van der Waals surface area contributed by atoms with Crippen molar-refractivity contribution >= 4 is 39.8 Å². The fraction of sp³-hybridized carbons (Fsp3) is 0.304. The minimum Gasteiger partial charge on any atom is -0.397 e. The van der Waals surface area contributed by atoms with Crippen LogP contribution in [0.25, 0.3) is 10.9 Å². The number of pyridine rings is 1. The second-order valence-corrected chi connectivity index (χ2v) is 8.14. The predicted molar refractivity (Wildman–Crippen MR) is 119 cm³/mol. The first-order valence-electron chi connectivity index (χ1n) is 10.1. The molecule has 0 atom stereocenters. The first kappa shape index (κ1) is 20.6. The molecule has 1 aliphatic rings. The van der Waals surface area contributed by atoms with Crippen molar-refractivity contribution in [2.75, 3.05) is 30.7 Å². The van der Waals surface area contributed by atoms with Gasteiger partial charge in [0.15, 0.2) is 0 Å². The number of rotatable bonds is 5. The van der Waals surface area contributed by atoms with Gasteiger partial charge in [-0.3, -0.25) is 9.78 Å². The van der Waals surface area contributed by atoms with E-state index >= 15 is 0 Å². The first-order chi connectivity index (χ1) is 14.5. The quantitative estimate of drug-likeness (QED) is 0.574. The lowest BCUT2D eigenvalue weighted by Gasteiger charge is -2.32. The molecule has 2 heterocycles. The molecule has 7 heteroatoms. The van der Waals surface area contributed by atoms with Gasteiger partial charge in [-0.2, -0.15) is 0 Å². The molecule has 3 N–H and O–H groups in total. The second-order valence-electron chi connectivity index (χ2n) is 7.71. The van der Waals surface area contributed by atoms with Crippen molar-refractivity contribution in [1.29, 1.82) is 0 Å². The normalized spacial score (nSPS) is 15.4. The first-order valence-corrected chi connectivity index (χ1v) is 10.5. The number of benzene rings is 2. The minimum atomic E-state index is -0.235. The average molecular weight is 427 g/mol. The Kier molecular flexibility index (Phi) is 6.16. The smallest absolute Gasteiger partial charge is 0.225 e. The maximum Gasteiger partial charge on any atom is 0.225 e. The number of nitrogens with two attached hydrogens (primary N) is 1. The Morgan fingerprint density at radius 1 is 1.20 bits per heavy atom. The largest absolute Gasteiger partial charge is 0.397 e. The summed E-state index contributed by atoms with van der Waals surface area (Å²) in [6.07, 6.45) is 4.15. The van der Waals surface area contributed by atoms with E-state index < -0.39 is 0 Å². The number of amides is 1. The highest BCUT2D eigenvalue weighted by Gasteiger charge is 2.22. The Labute approximate surface area is 180 Å². The summed E-state index contributed by atoms with van der Waals surface area (Å²) < 4.78 is 13.7. The summed E-state index contributed by atoms with van der Waals surface area (Å²) in [6.45, 7) is 2.50. The third-order valence-corrected chi connectivity index (χ3v) is 5.94. The van der Waals surface area contributed by atoms with Crippen LogP contribution >= 0.6 is 11.6 Å². The van der Waals surface area contributed by atoms with Gasteiger partial charge in [0.05, 0.1) is 16.9 Å². The van der Waals surface area contributed by atoms with Crippen LogP contribution in [-0.4, -0.2) is 35.4 Å². The van der Waals surface area contributed by atoms with Crippen LogP contribution in [0.2, 0.25) is 5.02 Å². The molecule has 156 valence electrons. The van der Waals surface area contributed by atoms with Gasteiger partial charge in [0.1, 0.15) is 5.82 Å². The SMILES string of the molecule is Nc1cc(Cl)ccc1NC(=O)CCN1CCC(c2ccnc3ccc(F)cc23)CC1. The third kappa shape index (κ3) is 4.71. The van der Waals surface area contributed by atoms with Gasteiger partial charge in [0.2, 0.25) is 5.91 Å². The van der Waals surface area contributed by atoms with Gasteiger partial charge in [0, 0.05) is 29.6 Å². The monoisotopic (exact) mass is 426 g/mol. The maximum atomic E-state index is 13.7. The van der Waals surface area contributed by atoms with Gasteiger partial charge in [0.25, 0.3) is 0 Å². The number of aromatic nitrogens is 1. The number of piperidine rings is 1. The van der Waals surface area contributed by atoms with E-state index in [0.29, 0.717) is 35.3 Å². The van der Waals surface area contributed by atoms with Crippen molar-refractivity contribution in [3.63, 3.8) is 0 Å². The molecular weight excluding hydrogens is 403 g/mol. The van der Waals surface area contributed by atoms with Crippen molar-refractivity contribution in [1.82, 2.24) is 9.88 Å². The van der Waals surface area contributed by atoms with E-state index in [2.05, 4.69) is 15.2 Å². The molecule has 1 aromatic heterocycles. The second kappa shape index (κ2) is 8.98. The number of anilines is 2. The number of fused-ring (bicyclic) bond motifs is 1. The number of hydrogen-bond donors (Lipinski definition) is 2. The molecule has 1 amide bonds. The molecular formula is C23H24ClFN4O. The van der Waals surface area contributed by atoms with Crippen LogP contribution in [0.3, 0.4) is 0 Å². The summed E-state index contributed by atoms with van der Waals surface area (Å²) in [7, 11) is 0. The molecule has 0 radical (unpaired) electrons. The number of carbonyl (C=O) groups is 1. The molecule has 30 heavy (non-hydrogen) atoms. The maximum absolute atomic E-state index is 13.7. The number of hydrogen-bond acceptors (Lipinski definition) is 4. The highest BCUT2D eigenvalue weighted by molar-refractivity contribution is 6.31. The van der Waals surface area contributed by atoms with Crippen LogP contribution < -0.4 is 11.1 Å². The van der Waals surface area contributed by atoms with Gasteiger partial charge in [-0.1, -0.05) is 11.6 Å². The molecule has 0 unspecified atom stereocenters. The lowest BCUT2D eigenvalue weighted by Crippen LogP contribution is -2.35. The Hall–Kier alpha value is -2.70. The molecule has 0 bridgehead atoms. The van der Waals surface area contributed by atoms with Gasteiger partial charge in [-0.25, -0.2) is 4.39 Å². The summed E-state index contributed by atoms with van der Waals surface area (Å²) in [5, 5.41) is 4.28. The zero-order valence-electron chi connectivity index (χ0n) is 16.6. The zero-order chi connectivity index (χ0) is 21.1. The molecule has 2 aromatic carbocycles. The Balaban J connectivity index is 1.31. The van der Waals surface area contributed by atoms with Crippen molar-refractivity contribution in [3.8, 4) is 0 Å². The average Bonchev–Trinajstić information content (AvgIpc) is 2.74. The Morgan fingerprint density at radius 3 is 2.77 bits per heavy atom. The molecule has 4 rings (SSSR count). The Morgan fingerprint density at radius 2 is 2.00 bits per heavy atom. The van der Waals surface area contributed by atoms with E-state index in [1.54, 1.807) is 36.5 Å². The van der Waals surface area contributed by atoms with Gasteiger partial charge < -0.3 is 16.0 Å². The van der Waals surface area contributed by atoms with Crippen LogP contribution in [0.4, 0.5) is 15.8 Å². The summed E-state index contributed by atoms with van der Waals surface area (Å²) in [6, 6.07) is 11.8. The van der Waals surface area contributed by atoms with E-state index in [1.807, 2.05) is 6.07 Å². The van der Waals surface area contributed by atoms with Crippen LogP contribution in [0.15, 0.2) is 48.7 Å². The molecule has 0 spiro atoms. The molecule has 1 aliphatic heterocycles. The molecule has 3 aromatic rings. The summed E-state index contributed by atoms with van der Waals surface area (Å²) in [5.74, 6) is 0.0690. The third-order valence-electron chi connectivity index (χ3n) is 5.71. The van der Waals surface area contributed by atoms with Gasteiger partial charge >= 0.3 is 0 Å². The summed E-state index contributed by atoms with van der Waals surface area (Å²) in [4.78, 5) is 18.9. The molecule has 1 fully saturated rings. The van der Waals surface area contributed by atoms with Gasteiger partial charge in [-0.05, 0) is 79.9 Å². The number of carbonyl (C=O) groups excluding carboxylic acids is 1. The number of likely N-dealkylation sites (tertiary alicyclic amines) is 1. The standard InChI is InChI=1S/C23H24ClFN4O/c24-16-1-3-22(20(26)13-16)28-23(30)8-12-29-10-6-15(7-11-29)18-5-9-27-21-4-2-17(25)14-19(18)21/h1-5,9,13-15H,6-8,10-12,26H2,(H,28,30). The fourth-order valence-corrected chi connectivity index (χ4v) is 4.26. The lowest BCUT2D eigenvalue weighted by atomic mass is 9.87. The van der Waals surface area contributed by atoms with E-state index in [0.717, 1.165) is 42.4 Å². The van der Waals surface area contributed by atoms with Crippen LogP contribution in [0, 0.1) is 5.82 Å². The van der Waals surface area contributed by atoms with Crippen molar-refractivity contribution in [3.05, 3.63) is 65.1 Å². The van der Waals surface area contributed by atoms with E-state index in [1.165, 1.54) is 6.07 Å². The Bertz CT molecular complexity index is 1070. The molecule has 5 nitrogen and oxygen atoms in total. The zero-order valence-corrected chi connectivity index (χ0v) is 17.3. The predicted octanol–water partition coefficient (Wildman–Crippen LogP) is 4.82. The minimum absolute atomic E-state index is 0.0678. The lowest BCUT2D eigenvalue weighted by molar-refractivity contribution is -0.116. The topological polar surface area (TPSA) is 71.2 Å². The van der Waals surface area contributed by atoms with Crippen LogP contribution in [0.5, 0.6) is 0 Å². The van der Waals surface area contributed by atoms with E-state index in [9.17, 15) is 9.18 Å². The number of nitrogens with zero attached hydrogens (tertiary/aromatic N) is 2. The van der Waals surface area contributed by atoms with Crippen molar-refractivity contribution < 1.29 is 9.18 Å². The number of halogens is 2. The summed E-state index contributed by atoms with van der Waals surface area (Å²) in [5.41, 5.74) is 8.92.